The van der Waals surface area contributed by atoms with E-state index in [-0.39, 0.29) is 5.91 Å². The smallest absolute Gasteiger partial charge is 0.408 e. The monoisotopic (exact) mass is 296 g/mol. The quantitative estimate of drug-likeness (QED) is 0.787. The molecule has 2 amide bonds. The Balaban J connectivity index is 2.44. The zero-order valence-corrected chi connectivity index (χ0v) is 13.0. The van der Waals surface area contributed by atoms with Gasteiger partial charge in [0, 0.05) is 13.1 Å². The van der Waals surface area contributed by atoms with Gasteiger partial charge in [0.25, 0.3) is 0 Å². The number of aldehydes is 1. The molecule has 0 aromatic heterocycles. The Hall–Kier alpha value is -1.59. The minimum absolute atomic E-state index is 0.204. The minimum Gasteiger partial charge on any atom is -0.465 e. The van der Waals surface area contributed by atoms with Crippen molar-refractivity contribution in [3.8, 4) is 0 Å². The first kappa shape index (κ1) is 15.8. The Morgan fingerprint density at radius 1 is 1.24 bits per heavy atom. The van der Waals surface area contributed by atoms with Crippen LogP contribution < -0.4 is 0 Å². The van der Waals surface area contributed by atoms with Crippen molar-refractivity contribution in [2.24, 2.45) is 5.41 Å². The molecule has 2 aliphatic rings. The van der Waals surface area contributed by atoms with Crippen LogP contribution in [0.15, 0.2) is 0 Å². The standard InChI is InChI=1S/C15H24N2O4/c1-14(2,3)15(7-5-9-17(15)13(20)21)12(19)16-8-4-6-11(16)10-18/h10-11H,4-9H2,1-3H3,(H,20,21)/t11-,15+/m0/s1. The third kappa shape index (κ3) is 2.30. The summed E-state index contributed by atoms with van der Waals surface area (Å²) in [5, 5.41) is 9.51. The molecular weight excluding hydrogens is 272 g/mol. The normalized spacial score (nSPS) is 29.8. The van der Waals surface area contributed by atoms with E-state index in [1.807, 2.05) is 20.8 Å². The zero-order valence-electron chi connectivity index (χ0n) is 13.0. The molecule has 2 aliphatic heterocycles. The highest BCUT2D eigenvalue weighted by molar-refractivity contribution is 5.93. The Labute approximate surface area is 125 Å². The highest BCUT2D eigenvalue weighted by Crippen LogP contribution is 2.45. The number of rotatable bonds is 2. The number of hydrogen-bond donors (Lipinski definition) is 1. The van der Waals surface area contributed by atoms with Crippen molar-refractivity contribution in [1.82, 2.24) is 9.80 Å². The van der Waals surface area contributed by atoms with Crippen LogP contribution in [0.4, 0.5) is 4.79 Å². The minimum atomic E-state index is -1.07. The summed E-state index contributed by atoms with van der Waals surface area (Å²) < 4.78 is 0. The van der Waals surface area contributed by atoms with Crippen LogP contribution in [0.3, 0.4) is 0 Å². The fraction of sp³-hybridized carbons (Fsp3) is 0.800. The van der Waals surface area contributed by atoms with Gasteiger partial charge >= 0.3 is 6.09 Å². The van der Waals surface area contributed by atoms with Gasteiger partial charge < -0.3 is 14.8 Å². The van der Waals surface area contributed by atoms with E-state index in [0.717, 1.165) is 12.7 Å². The third-order valence-corrected chi connectivity index (χ3v) is 4.92. The van der Waals surface area contributed by atoms with Crippen molar-refractivity contribution in [3.63, 3.8) is 0 Å². The van der Waals surface area contributed by atoms with Gasteiger partial charge in [-0.25, -0.2) is 4.79 Å². The fourth-order valence-corrected chi connectivity index (χ4v) is 3.82. The first-order chi connectivity index (χ1) is 9.75. The van der Waals surface area contributed by atoms with Crippen molar-refractivity contribution in [2.45, 2.75) is 58.0 Å². The SMILES string of the molecule is CC(C)(C)[C@]1(C(=O)N2CCC[C@H]2C=O)CCCN1C(=O)O. The molecule has 2 atom stereocenters. The Bertz CT molecular complexity index is 457. The number of nitrogens with zero attached hydrogens (tertiary/aromatic N) is 2. The van der Waals surface area contributed by atoms with Crippen LogP contribution in [0.2, 0.25) is 0 Å². The second-order valence-corrected chi connectivity index (χ2v) is 6.99. The van der Waals surface area contributed by atoms with Crippen LogP contribution in [0.5, 0.6) is 0 Å². The van der Waals surface area contributed by atoms with Gasteiger partial charge in [0.15, 0.2) is 0 Å². The first-order valence-corrected chi connectivity index (χ1v) is 7.52. The number of carbonyl (C=O) groups excluding carboxylic acids is 2. The van der Waals surface area contributed by atoms with Gasteiger partial charge in [-0.15, -0.1) is 0 Å². The average Bonchev–Trinajstić information content (AvgIpc) is 3.03. The predicted octanol–water partition coefficient (Wildman–Crippen LogP) is 1.74. The molecule has 6 heteroatoms. The maximum atomic E-state index is 13.2. The van der Waals surface area contributed by atoms with Crippen LogP contribution in [-0.4, -0.2) is 57.9 Å². The molecule has 1 N–H and O–H groups in total. The van der Waals surface area contributed by atoms with Gasteiger partial charge in [-0.05, 0) is 31.1 Å². The number of carboxylic acid groups (broad SMARTS) is 1. The molecule has 0 radical (unpaired) electrons. The molecule has 0 saturated carbocycles. The second-order valence-electron chi connectivity index (χ2n) is 6.99. The molecule has 118 valence electrons. The summed E-state index contributed by atoms with van der Waals surface area (Å²) in [6.45, 7) is 6.61. The highest BCUT2D eigenvalue weighted by Gasteiger charge is 2.59. The molecule has 2 saturated heterocycles. The number of amides is 2. The summed E-state index contributed by atoms with van der Waals surface area (Å²) in [7, 11) is 0. The van der Waals surface area contributed by atoms with Crippen LogP contribution in [0.25, 0.3) is 0 Å². The molecule has 0 unspecified atom stereocenters. The molecule has 0 aromatic carbocycles. The molecule has 2 fully saturated rings. The van der Waals surface area contributed by atoms with Gasteiger partial charge in [0.05, 0.1) is 6.04 Å². The summed E-state index contributed by atoms with van der Waals surface area (Å²) in [6, 6.07) is -0.409. The van der Waals surface area contributed by atoms with E-state index >= 15 is 0 Å². The topological polar surface area (TPSA) is 77.9 Å². The lowest BCUT2D eigenvalue weighted by molar-refractivity contribution is -0.150. The Morgan fingerprint density at radius 3 is 2.43 bits per heavy atom. The molecule has 0 spiro atoms. The van der Waals surface area contributed by atoms with E-state index in [9.17, 15) is 19.5 Å². The lowest BCUT2D eigenvalue weighted by Gasteiger charge is -2.47. The maximum absolute atomic E-state index is 13.2. The second kappa shape index (κ2) is 5.31. The summed E-state index contributed by atoms with van der Waals surface area (Å²) in [5.74, 6) is -0.204. The van der Waals surface area contributed by atoms with Crippen LogP contribution in [0.1, 0.15) is 46.5 Å². The van der Waals surface area contributed by atoms with E-state index in [2.05, 4.69) is 0 Å². The van der Waals surface area contributed by atoms with Crippen molar-refractivity contribution in [1.29, 1.82) is 0 Å². The van der Waals surface area contributed by atoms with Crippen LogP contribution in [-0.2, 0) is 9.59 Å². The van der Waals surface area contributed by atoms with Crippen LogP contribution in [0, 0.1) is 5.41 Å². The van der Waals surface area contributed by atoms with Gasteiger partial charge in [0.2, 0.25) is 5.91 Å². The van der Waals surface area contributed by atoms with Gasteiger partial charge in [-0.2, -0.15) is 0 Å². The van der Waals surface area contributed by atoms with E-state index in [1.165, 1.54) is 4.90 Å². The summed E-state index contributed by atoms with van der Waals surface area (Å²) in [6.07, 6.45) is 2.41. The molecule has 2 rings (SSSR count). The van der Waals surface area contributed by atoms with E-state index in [1.54, 1.807) is 4.90 Å². The highest BCUT2D eigenvalue weighted by atomic mass is 16.4. The Morgan fingerprint density at radius 2 is 1.90 bits per heavy atom. The fourth-order valence-electron chi connectivity index (χ4n) is 3.82. The van der Waals surface area contributed by atoms with E-state index in [0.29, 0.717) is 32.4 Å². The summed E-state index contributed by atoms with van der Waals surface area (Å²) in [4.78, 5) is 38.8. The van der Waals surface area contributed by atoms with Gasteiger partial charge in [-0.1, -0.05) is 20.8 Å². The lowest BCUT2D eigenvalue weighted by Crippen LogP contribution is -2.65. The Kier molecular flexibility index (Phi) is 4.00. The van der Waals surface area contributed by atoms with Gasteiger partial charge in [-0.3, -0.25) is 9.69 Å². The predicted molar refractivity (Wildman–Crippen MR) is 76.9 cm³/mol. The molecule has 21 heavy (non-hydrogen) atoms. The maximum Gasteiger partial charge on any atom is 0.408 e. The number of carbonyl (C=O) groups is 3. The number of likely N-dealkylation sites (tertiary alicyclic amines) is 2. The molecule has 2 heterocycles. The van der Waals surface area contributed by atoms with Crippen molar-refractivity contribution in [2.75, 3.05) is 13.1 Å². The van der Waals surface area contributed by atoms with E-state index < -0.39 is 23.1 Å². The van der Waals surface area contributed by atoms with Gasteiger partial charge in [0.1, 0.15) is 11.8 Å². The molecule has 0 bridgehead atoms. The van der Waals surface area contributed by atoms with Crippen molar-refractivity contribution < 1.29 is 19.5 Å². The third-order valence-electron chi connectivity index (χ3n) is 4.92. The first-order valence-electron chi connectivity index (χ1n) is 7.52. The van der Waals surface area contributed by atoms with E-state index in [4.69, 9.17) is 0 Å². The van der Waals surface area contributed by atoms with Crippen molar-refractivity contribution >= 4 is 18.3 Å². The average molecular weight is 296 g/mol. The summed E-state index contributed by atoms with van der Waals surface area (Å²) >= 11 is 0. The molecule has 6 nitrogen and oxygen atoms in total. The lowest BCUT2D eigenvalue weighted by atomic mass is 9.70. The molecular formula is C15H24N2O4. The molecule has 0 aromatic rings. The summed E-state index contributed by atoms with van der Waals surface area (Å²) in [5.41, 5.74) is -1.58. The number of hydrogen-bond acceptors (Lipinski definition) is 3. The largest absolute Gasteiger partial charge is 0.465 e. The van der Waals surface area contributed by atoms with Crippen LogP contribution >= 0.6 is 0 Å². The molecule has 0 aliphatic carbocycles. The zero-order chi connectivity index (χ0) is 15.8. The van der Waals surface area contributed by atoms with Crippen molar-refractivity contribution in [3.05, 3.63) is 0 Å².